The van der Waals surface area contributed by atoms with Gasteiger partial charge in [-0.25, -0.2) is 4.79 Å². The Balaban J connectivity index is 1.95. The molecule has 128 valence electrons. The standard InChI is InChI=1S/C15H24N4O4/c1-3-16-11(20)8-17-12(21)9-19-13(22)15(18-14(19)23)7-5-4-6-10(15)2/h10H,3-9H2,1-2H3,(H,16,20)(H,17,21)(H,18,23)/t10-,15-/m0/s1. The lowest BCUT2D eigenvalue weighted by atomic mass is 9.73. The highest BCUT2D eigenvalue weighted by molar-refractivity contribution is 6.09. The third-order valence-electron chi connectivity index (χ3n) is 4.62. The van der Waals surface area contributed by atoms with Crippen LogP contribution in [0, 0.1) is 5.92 Å². The minimum atomic E-state index is -0.866. The van der Waals surface area contributed by atoms with Crippen molar-refractivity contribution in [1.82, 2.24) is 20.9 Å². The van der Waals surface area contributed by atoms with E-state index in [0.29, 0.717) is 13.0 Å². The quantitative estimate of drug-likeness (QED) is 0.606. The monoisotopic (exact) mass is 324 g/mol. The largest absolute Gasteiger partial charge is 0.355 e. The molecule has 0 aromatic rings. The highest BCUT2D eigenvalue weighted by atomic mass is 16.2. The van der Waals surface area contributed by atoms with Gasteiger partial charge in [-0.05, 0) is 25.7 Å². The Labute approximate surface area is 135 Å². The van der Waals surface area contributed by atoms with E-state index in [0.717, 1.165) is 24.2 Å². The maximum absolute atomic E-state index is 12.7. The van der Waals surface area contributed by atoms with Crippen molar-refractivity contribution in [2.75, 3.05) is 19.6 Å². The van der Waals surface area contributed by atoms with Gasteiger partial charge in [0, 0.05) is 6.54 Å². The normalized spacial score (nSPS) is 27.0. The topological polar surface area (TPSA) is 108 Å². The minimum Gasteiger partial charge on any atom is -0.355 e. The van der Waals surface area contributed by atoms with Crippen LogP contribution in [-0.2, 0) is 14.4 Å². The molecule has 8 heteroatoms. The van der Waals surface area contributed by atoms with Crippen LogP contribution in [0.3, 0.4) is 0 Å². The zero-order chi connectivity index (χ0) is 17.0. The van der Waals surface area contributed by atoms with Gasteiger partial charge in [-0.1, -0.05) is 19.8 Å². The molecule has 2 aliphatic rings. The van der Waals surface area contributed by atoms with Gasteiger partial charge in [-0.2, -0.15) is 0 Å². The Bertz CT molecular complexity index is 522. The lowest BCUT2D eigenvalue weighted by Crippen LogP contribution is -2.54. The highest BCUT2D eigenvalue weighted by Crippen LogP contribution is 2.37. The van der Waals surface area contributed by atoms with Crippen LogP contribution >= 0.6 is 0 Å². The molecular weight excluding hydrogens is 300 g/mol. The van der Waals surface area contributed by atoms with Crippen molar-refractivity contribution in [2.45, 2.75) is 45.1 Å². The average Bonchev–Trinajstić information content (AvgIpc) is 2.74. The van der Waals surface area contributed by atoms with Gasteiger partial charge in [-0.15, -0.1) is 0 Å². The molecule has 0 aromatic carbocycles. The first-order valence-corrected chi connectivity index (χ1v) is 8.08. The second kappa shape index (κ2) is 6.97. The zero-order valence-electron chi connectivity index (χ0n) is 13.6. The summed E-state index contributed by atoms with van der Waals surface area (Å²) in [7, 11) is 0. The molecule has 1 aliphatic heterocycles. The van der Waals surface area contributed by atoms with Crippen LogP contribution in [0.4, 0.5) is 4.79 Å². The van der Waals surface area contributed by atoms with Gasteiger partial charge in [-0.3, -0.25) is 19.3 Å². The summed E-state index contributed by atoms with van der Waals surface area (Å²) in [5, 5.41) is 7.75. The van der Waals surface area contributed by atoms with Crippen molar-refractivity contribution < 1.29 is 19.2 Å². The molecule has 5 amide bonds. The number of amides is 5. The molecule has 1 saturated carbocycles. The van der Waals surface area contributed by atoms with Gasteiger partial charge >= 0.3 is 6.03 Å². The molecule has 0 unspecified atom stereocenters. The molecule has 0 aromatic heterocycles. The molecule has 0 bridgehead atoms. The van der Waals surface area contributed by atoms with Crippen molar-refractivity contribution in [3.05, 3.63) is 0 Å². The second-order valence-corrected chi connectivity index (χ2v) is 6.17. The van der Waals surface area contributed by atoms with E-state index < -0.39 is 17.5 Å². The van der Waals surface area contributed by atoms with Crippen molar-refractivity contribution in [3.63, 3.8) is 0 Å². The predicted molar refractivity (Wildman–Crippen MR) is 82.3 cm³/mol. The summed E-state index contributed by atoms with van der Waals surface area (Å²) in [6.07, 6.45) is 3.41. The van der Waals surface area contributed by atoms with Gasteiger partial charge in [0.15, 0.2) is 0 Å². The third kappa shape index (κ3) is 3.46. The number of urea groups is 1. The second-order valence-electron chi connectivity index (χ2n) is 6.17. The van der Waals surface area contributed by atoms with E-state index in [2.05, 4.69) is 16.0 Å². The number of likely N-dealkylation sites (N-methyl/N-ethyl adjacent to an activating group) is 1. The maximum Gasteiger partial charge on any atom is 0.325 e. The first-order chi connectivity index (χ1) is 10.9. The van der Waals surface area contributed by atoms with E-state index in [4.69, 9.17) is 0 Å². The van der Waals surface area contributed by atoms with Crippen molar-refractivity contribution in [3.8, 4) is 0 Å². The minimum absolute atomic E-state index is 0.0519. The van der Waals surface area contributed by atoms with Gasteiger partial charge in [0.05, 0.1) is 6.54 Å². The molecule has 1 heterocycles. The molecule has 3 N–H and O–H groups in total. The summed E-state index contributed by atoms with van der Waals surface area (Å²) in [6, 6.07) is -0.531. The van der Waals surface area contributed by atoms with Crippen LogP contribution in [-0.4, -0.2) is 53.8 Å². The number of rotatable bonds is 5. The number of carbonyl (C=O) groups excluding carboxylic acids is 4. The Morgan fingerprint density at radius 1 is 1.26 bits per heavy atom. The van der Waals surface area contributed by atoms with Crippen molar-refractivity contribution >= 4 is 23.8 Å². The first kappa shape index (κ1) is 17.2. The average molecular weight is 324 g/mol. The SMILES string of the molecule is CCNC(=O)CNC(=O)CN1C(=O)N[C@]2(CCCC[C@@H]2C)C1=O. The Morgan fingerprint density at radius 3 is 2.65 bits per heavy atom. The number of nitrogens with one attached hydrogen (secondary N) is 3. The lowest BCUT2D eigenvalue weighted by Gasteiger charge is -2.36. The van der Waals surface area contributed by atoms with Gasteiger partial charge in [0.1, 0.15) is 12.1 Å². The van der Waals surface area contributed by atoms with E-state index in [1.807, 2.05) is 6.92 Å². The molecule has 2 atom stereocenters. The molecular formula is C15H24N4O4. The van der Waals surface area contributed by atoms with Crippen molar-refractivity contribution in [1.29, 1.82) is 0 Å². The molecule has 0 radical (unpaired) electrons. The van der Waals surface area contributed by atoms with Crippen LogP contribution in [0.25, 0.3) is 0 Å². The number of hydrogen-bond acceptors (Lipinski definition) is 4. The van der Waals surface area contributed by atoms with Crippen LogP contribution in [0.1, 0.15) is 39.5 Å². The summed E-state index contributed by atoms with van der Waals surface area (Å²) < 4.78 is 0. The van der Waals surface area contributed by atoms with E-state index in [1.165, 1.54) is 0 Å². The summed E-state index contributed by atoms with van der Waals surface area (Å²) in [5.74, 6) is -1.12. The molecule has 1 aliphatic carbocycles. The van der Waals surface area contributed by atoms with E-state index >= 15 is 0 Å². The Morgan fingerprint density at radius 2 is 2.00 bits per heavy atom. The third-order valence-corrected chi connectivity index (χ3v) is 4.62. The van der Waals surface area contributed by atoms with Crippen LogP contribution < -0.4 is 16.0 Å². The summed E-state index contributed by atoms with van der Waals surface area (Å²) in [6.45, 7) is 3.67. The van der Waals surface area contributed by atoms with Crippen LogP contribution in [0.15, 0.2) is 0 Å². The molecule has 1 saturated heterocycles. The van der Waals surface area contributed by atoms with E-state index in [-0.39, 0.29) is 30.8 Å². The van der Waals surface area contributed by atoms with Gasteiger partial charge in [0.2, 0.25) is 11.8 Å². The molecule has 23 heavy (non-hydrogen) atoms. The molecule has 2 fully saturated rings. The number of carbonyl (C=O) groups is 4. The smallest absolute Gasteiger partial charge is 0.325 e. The fraction of sp³-hybridized carbons (Fsp3) is 0.733. The maximum atomic E-state index is 12.7. The van der Waals surface area contributed by atoms with E-state index in [9.17, 15) is 19.2 Å². The fourth-order valence-corrected chi connectivity index (χ4v) is 3.28. The fourth-order valence-electron chi connectivity index (χ4n) is 3.28. The molecule has 2 rings (SSSR count). The first-order valence-electron chi connectivity index (χ1n) is 8.08. The lowest BCUT2D eigenvalue weighted by molar-refractivity contribution is -0.137. The molecule has 8 nitrogen and oxygen atoms in total. The van der Waals surface area contributed by atoms with Crippen molar-refractivity contribution in [2.24, 2.45) is 5.92 Å². The summed E-state index contributed by atoms with van der Waals surface area (Å²) in [4.78, 5) is 48.9. The Hall–Kier alpha value is -2.12. The van der Waals surface area contributed by atoms with Gasteiger partial charge < -0.3 is 16.0 Å². The van der Waals surface area contributed by atoms with Gasteiger partial charge in [0.25, 0.3) is 5.91 Å². The predicted octanol–water partition coefficient (Wildman–Crippen LogP) is -0.261. The number of nitrogens with zero attached hydrogens (tertiary/aromatic N) is 1. The van der Waals surface area contributed by atoms with Crippen LogP contribution in [0.2, 0.25) is 0 Å². The van der Waals surface area contributed by atoms with Crippen LogP contribution in [0.5, 0.6) is 0 Å². The highest BCUT2D eigenvalue weighted by Gasteiger charge is 2.55. The summed E-state index contributed by atoms with van der Waals surface area (Å²) in [5.41, 5.74) is -0.866. The number of hydrogen-bond donors (Lipinski definition) is 3. The summed E-state index contributed by atoms with van der Waals surface area (Å²) >= 11 is 0. The number of imide groups is 1. The zero-order valence-corrected chi connectivity index (χ0v) is 13.6. The Kier molecular flexibility index (Phi) is 5.23. The molecule has 1 spiro atoms. The van der Waals surface area contributed by atoms with E-state index in [1.54, 1.807) is 6.92 Å².